The Morgan fingerprint density at radius 2 is 1.65 bits per heavy atom. The Kier molecular flexibility index (Phi) is 11.3. The molecule has 0 aromatic heterocycles. The molecule has 0 saturated heterocycles. The molecule has 0 bridgehead atoms. The molecule has 2 amide bonds. The molecule has 0 aliphatic heterocycles. The van der Waals surface area contributed by atoms with Gasteiger partial charge in [-0.25, -0.2) is 8.42 Å². The van der Waals surface area contributed by atoms with Gasteiger partial charge in [-0.15, -0.1) is 0 Å². The minimum atomic E-state index is -3.82. The van der Waals surface area contributed by atoms with Crippen molar-refractivity contribution in [3.63, 3.8) is 0 Å². The van der Waals surface area contributed by atoms with Crippen molar-refractivity contribution in [3.8, 4) is 0 Å². The number of benzene rings is 2. The fourth-order valence-corrected chi connectivity index (χ4v) is 5.16. The molecule has 0 fully saturated rings. The Morgan fingerprint density at radius 1 is 1.00 bits per heavy atom. The summed E-state index contributed by atoms with van der Waals surface area (Å²) >= 11 is 12.3. The van der Waals surface area contributed by atoms with Crippen LogP contribution in [-0.2, 0) is 26.2 Å². The van der Waals surface area contributed by atoms with E-state index in [9.17, 15) is 18.0 Å². The lowest BCUT2D eigenvalue weighted by Gasteiger charge is -2.33. The summed E-state index contributed by atoms with van der Waals surface area (Å²) in [6.45, 7) is 9.78. The van der Waals surface area contributed by atoms with Gasteiger partial charge < -0.3 is 10.2 Å². The number of carbonyl (C=O) groups excluding carboxylic acids is 2. The number of amides is 2. The molecule has 204 valence electrons. The summed E-state index contributed by atoms with van der Waals surface area (Å²) in [4.78, 5) is 28.4. The molecule has 2 rings (SSSR count). The van der Waals surface area contributed by atoms with Gasteiger partial charge in [-0.1, -0.05) is 82.1 Å². The second-order valence-corrected chi connectivity index (χ2v) is 12.5. The Hall–Kier alpha value is -2.29. The lowest BCUT2D eigenvalue weighted by molar-refractivity contribution is -0.140. The Balaban J connectivity index is 2.51. The second-order valence-electron chi connectivity index (χ2n) is 9.82. The van der Waals surface area contributed by atoms with E-state index in [1.165, 1.54) is 4.90 Å². The number of hydrogen-bond donors (Lipinski definition) is 1. The van der Waals surface area contributed by atoms with E-state index in [0.29, 0.717) is 34.3 Å². The zero-order chi connectivity index (χ0) is 27.9. The maximum absolute atomic E-state index is 13.8. The van der Waals surface area contributed by atoms with Crippen molar-refractivity contribution in [2.75, 3.05) is 23.7 Å². The van der Waals surface area contributed by atoms with E-state index in [0.717, 1.165) is 16.1 Å². The molecular weight excluding hydrogens is 533 g/mol. The number of nitrogens with zero attached hydrogens (tertiary/aromatic N) is 2. The summed E-state index contributed by atoms with van der Waals surface area (Å²) in [6.07, 6.45) is 1.42. The highest BCUT2D eigenvalue weighted by Crippen LogP contribution is 2.30. The Bertz CT molecular complexity index is 1200. The van der Waals surface area contributed by atoms with Gasteiger partial charge in [0.15, 0.2) is 0 Å². The average Bonchev–Trinajstić information content (AvgIpc) is 2.82. The summed E-state index contributed by atoms with van der Waals surface area (Å²) in [5.41, 5.74) is 1.92. The quantitative estimate of drug-likeness (QED) is 0.367. The van der Waals surface area contributed by atoms with Gasteiger partial charge in [-0.05, 0) is 47.6 Å². The SMILES string of the molecule is CC[C@H](C(=O)NCC(C)C)N(Cc1ccc(Cl)c(Cl)c1)C(=O)CN(c1ccccc1C(C)C)S(C)(=O)=O. The van der Waals surface area contributed by atoms with E-state index in [4.69, 9.17) is 23.2 Å². The van der Waals surface area contributed by atoms with E-state index >= 15 is 0 Å². The summed E-state index contributed by atoms with van der Waals surface area (Å²) in [6, 6.07) is 11.3. The first-order valence-electron chi connectivity index (χ1n) is 12.3. The number of carbonyl (C=O) groups is 2. The summed E-state index contributed by atoms with van der Waals surface area (Å²) in [5.74, 6) is -0.526. The Labute approximate surface area is 231 Å². The van der Waals surface area contributed by atoms with E-state index < -0.39 is 28.5 Å². The third kappa shape index (κ3) is 8.62. The third-order valence-corrected chi connectivity index (χ3v) is 7.78. The highest BCUT2D eigenvalue weighted by atomic mass is 35.5. The molecule has 1 atom stereocenters. The van der Waals surface area contributed by atoms with Crippen LogP contribution in [0.3, 0.4) is 0 Å². The second kappa shape index (κ2) is 13.5. The lowest BCUT2D eigenvalue weighted by atomic mass is 10.0. The topological polar surface area (TPSA) is 86.8 Å². The van der Waals surface area contributed by atoms with E-state index in [1.807, 2.05) is 46.8 Å². The molecule has 0 aliphatic rings. The van der Waals surface area contributed by atoms with Gasteiger partial charge in [-0.3, -0.25) is 13.9 Å². The number of rotatable bonds is 12. The first-order valence-corrected chi connectivity index (χ1v) is 14.9. The van der Waals surface area contributed by atoms with Crippen molar-refractivity contribution in [1.82, 2.24) is 10.2 Å². The maximum Gasteiger partial charge on any atom is 0.244 e. The van der Waals surface area contributed by atoms with Crippen LogP contribution in [0.1, 0.15) is 58.1 Å². The number of hydrogen-bond acceptors (Lipinski definition) is 4. The van der Waals surface area contributed by atoms with Crippen LogP contribution < -0.4 is 9.62 Å². The van der Waals surface area contributed by atoms with Gasteiger partial charge in [0, 0.05) is 13.1 Å². The minimum absolute atomic E-state index is 0.0352. The van der Waals surface area contributed by atoms with Gasteiger partial charge in [0.2, 0.25) is 21.8 Å². The molecule has 37 heavy (non-hydrogen) atoms. The zero-order valence-corrected chi connectivity index (χ0v) is 24.6. The molecule has 0 heterocycles. The molecule has 0 aliphatic carbocycles. The van der Waals surface area contributed by atoms with Crippen LogP contribution >= 0.6 is 23.2 Å². The standard InChI is InChI=1S/C27H37Cl2N3O4S/c1-7-24(27(34)30-15-18(2)3)31(16-20-12-13-22(28)23(29)14-20)26(33)17-32(37(6,35)36)25-11-9-8-10-21(25)19(4)5/h8-14,18-19,24H,7,15-17H2,1-6H3,(H,30,34)/t24-/m1/s1. The van der Waals surface area contributed by atoms with Gasteiger partial charge in [0.25, 0.3) is 0 Å². The molecule has 0 radical (unpaired) electrons. The molecule has 2 aromatic rings. The van der Waals surface area contributed by atoms with Crippen LogP contribution in [0.25, 0.3) is 0 Å². The number of sulfonamides is 1. The summed E-state index contributed by atoms with van der Waals surface area (Å²) in [5, 5.41) is 3.60. The predicted molar refractivity (Wildman–Crippen MR) is 152 cm³/mol. The molecule has 2 aromatic carbocycles. The first-order chi connectivity index (χ1) is 17.3. The average molecular weight is 571 g/mol. The third-order valence-electron chi connectivity index (χ3n) is 5.91. The fraction of sp³-hybridized carbons (Fsp3) is 0.481. The summed E-state index contributed by atoms with van der Waals surface area (Å²) < 4.78 is 26.9. The van der Waals surface area contributed by atoms with Crippen LogP contribution in [0, 0.1) is 5.92 Å². The Morgan fingerprint density at radius 3 is 2.19 bits per heavy atom. The maximum atomic E-state index is 13.8. The molecule has 1 N–H and O–H groups in total. The fourth-order valence-electron chi connectivity index (χ4n) is 3.97. The number of anilines is 1. The van der Waals surface area contributed by atoms with Gasteiger partial charge in [-0.2, -0.15) is 0 Å². The number of nitrogens with one attached hydrogen (secondary N) is 1. The molecule has 0 unspecified atom stereocenters. The van der Waals surface area contributed by atoms with Crippen molar-refractivity contribution >= 4 is 50.7 Å². The lowest BCUT2D eigenvalue weighted by Crippen LogP contribution is -2.52. The van der Waals surface area contributed by atoms with Crippen molar-refractivity contribution < 1.29 is 18.0 Å². The van der Waals surface area contributed by atoms with E-state index in [2.05, 4.69) is 5.32 Å². The predicted octanol–water partition coefficient (Wildman–Crippen LogP) is 5.46. The van der Waals surface area contributed by atoms with Crippen LogP contribution in [0.15, 0.2) is 42.5 Å². The number of halogens is 2. The van der Waals surface area contributed by atoms with Crippen molar-refractivity contribution in [1.29, 1.82) is 0 Å². The molecule has 7 nitrogen and oxygen atoms in total. The van der Waals surface area contributed by atoms with Crippen LogP contribution in [0.5, 0.6) is 0 Å². The van der Waals surface area contributed by atoms with E-state index in [-0.39, 0.29) is 24.3 Å². The molecular formula is C27H37Cl2N3O4S. The van der Waals surface area contributed by atoms with Crippen LogP contribution in [0.4, 0.5) is 5.69 Å². The molecule has 0 spiro atoms. The highest BCUT2D eigenvalue weighted by molar-refractivity contribution is 7.92. The van der Waals surface area contributed by atoms with Gasteiger partial charge in [0.05, 0.1) is 22.0 Å². The smallest absolute Gasteiger partial charge is 0.244 e. The van der Waals surface area contributed by atoms with Gasteiger partial charge >= 0.3 is 0 Å². The summed E-state index contributed by atoms with van der Waals surface area (Å²) in [7, 11) is -3.82. The van der Waals surface area contributed by atoms with Gasteiger partial charge in [0.1, 0.15) is 12.6 Å². The normalized spacial score (nSPS) is 12.5. The highest BCUT2D eigenvalue weighted by Gasteiger charge is 2.32. The van der Waals surface area contributed by atoms with Crippen molar-refractivity contribution in [3.05, 3.63) is 63.6 Å². The first kappa shape index (κ1) is 30.9. The largest absolute Gasteiger partial charge is 0.354 e. The van der Waals surface area contributed by atoms with E-state index in [1.54, 1.807) is 30.3 Å². The van der Waals surface area contributed by atoms with Crippen molar-refractivity contribution in [2.24, 2.45) is 5.92 Å². The zero-order valence-electron chi connectivity index (χ0n) is 22.3. The van der Waals surface area contributed by atoms with Crippen LogP contribution in [-0.4, -0.2) is 50.5 Å². The minimum Gasteiger partial charge on any atom is -0.354 e. The van der Waals surface area contributed by atoms with Crippen molar-refractivity contribution in [2.45, 2.75) is 59.5 Å². The van der Waals surface area contributed by atoms with Crippen LogP contribution in [0.2, 0.25) is 10.0 Å². The number of para-hydroxylation sites is 1. The molecule has 10 heteroatoms. The molecule has 0 saturated carbocycles. The monoisotopic (exact) mass is 569 g/mol.